The maximum Gasteiger partial charge on any atom is 0.260 e. The summed E-state index contributed by atoms with van der Waals surface area (Å²) in [5, 5.41) is 7.51. The molecule has 1 aliphatic rings. The molecule has 3 rings (SSSR count). The number of benzene rings is 1. The summed E-state index contributed by atoms with van der Waals surface area (Å²) in [6, 6.07) is 8.62. The van der Waals surface area contributed by atoms with Crippen LogP contribution in [0.25, 0.3) is 11.5 Å². The van der Waals surface area contributed by atoms with Crippen LogP contribution in [0.5, 0.6) is 0 Å². The molecule has 1 aliphatic carbocycles. The molecule has 0 amide bonds. The number of aromatic nitrogens is 2. The van der Waals surface area contributed by atoms with Crippen molar-refractivity contribution >= 4 is 5.69 Å². The first-order valence-corrected chi connectivity index (χ1v) is 7.40. The first-order valence-electron chi connectivity index (χ1n) is 7.40. The van der Waals surface area contributed by atoms with Crippen molar-refractivity contribution in [1.82, 2.24) is 10.1 Å². The number of rotatable bonds is 4. The van der Waals surface area contributed by atoms with E-state index in [0.29, 0.717) is 17.8 Å². The van der Waals surface area contributed by atoms with Crippen molar-refractivity contribution in [2.24, 2.45) is 5.92 Å². The Bertz CT molecular complexity index is 573. The van der Waals surface area contributed by atoms with Crippen LogP contribution < -0.4 is 5.32 Å². The predicted octanol–water partition coefficient (Wildman–Crippen LogP) is 4.04. The van der Waals surface area contributed by atoms with Gasteiger partial charge in [-0.05, 0) is 44.7 Å². The molecule has 106 valence electrons. The molecular formula is C16H21N3O. The minimum Gasteiger partial charge on any atom is -0.382 e. The lowest BCUT2D eigenvalue weighted by molar-refractivity contribution is 0.425. The molecule has 0 radical (unpaired) electrons. The van der Waals surface area contributed by atoms with Crippen LogP contribution >= 0.6 is 0 Å². The molecule has 1 unspecified atom stereocenters. The van der Waals surface area contributed by atoms with Gasteiger partial charge in [-0.3, -0.25) is 0 Å². The van der Waals surface area contributed by atoms with Crippen molar-refractivity contribution in [1.29, 1.82) is 0 Å². The van der Waals surface area contributed by atoms with Gasteiger partial charge < -0.3 is 9.84 Å². The molecule has 2 aromatic rings. The number of anilines is 1. The fourth-order valence-corrected chi connectivity index (χ4v) is 3.02. The Morgan fingerprint density at radius 3 is 2.70 bits per heavy atom. The number of aryl methyl sites for hydroxylation is 1. The molecule has 1 aromatic heterocycles. The second-order valence-electron chi connectivity index (χ2n) is 5.67. The van der Waals surface area contributed by atoms with Gasteiger partial charge in [0, 0.05) is 11.7 Å². The summed E-state index contributed by atoms with van der Waals surface area (Å²) in [7, 11) is 0. The van der Waals surface area contributed by atoms with Gasteiger partial charge in [0.25, 0.3) is 5.89 Å². The zero-order valence-corrected chi connectivity index (χ0v) is 12.1. The monoisotopic (exact) mass is 271 g/mol. The van der Waals surface area contributed by atoms with Crippen LogP contribution in [-0.2, 0) is 0 Å². The molecule has 1 heterocycles. The van der Waals surface area contributed by atoms with Gasteiger partial charge in [-0.1, -0.05) is 30.1 Å². The molecule has 4 nitrogen and oxygen atoms in total. The third-order valence-electron chi connectivity index (χ3n) is 4.18. The summed E-state index contributed by atoms with van der Waals surface area (Å²) in [5.41, 5.74) is 2.06. The number of hydrogen-bond acceptors (Lipinski definition) is 4. The molecule has 1 saturated carbocycles. The SMILES string of the molecule is Cc1noc(-c2ccccc2NC(C)C2CCCC2)n1. The minimum atomic E-state index is 0.475. The highest BCUT2D eigenvalue weighted by Gasteiger charge is 2.22. The second kappa shape index (κ2) is 5.65. The molecule has 1 fully saturated rings. The summed E-state index contributed by atoms with van der Waals surface area (Å²) in [4.78, 5) is 4.33. The fraction of sp³-hybridized carbons (Fsp3) is 0.500. The van der Waals surface area contributed by atoms with E-state index in [4.69, 9.17) is 4.52 Å². The average Bonchev–Trinajstić information content (AvgIpc) is 3.10. The van der Waals surface area contributed by atoms with Gasteiger partial charge in [0.1, 0.15) is 0 Å². The Morgan fingerprint density at radius 2 is 2.00 bits per heavy atom. The Kier molecular flexibility index (Phi) is 3.72. The molecule has 1 N–H and O–H groups in total. The van der Waals surface area contributed by atoms with Crippen molar-refractivity contribution in [2.45, 2.75) is 45.6 Å². The first kappa shape index (κ1) is 13.2. The van der Waals surface area contributed by atoms with E-state index in [1.54, 1.807) is 0 Å². The smallest absolute Gasteiger partial charge is 0.260 e. The highest BCUT2D eigenvalue weighted by Crippen LogP contribution is 2.32. The highest BCUT2D eigenvalue weighted by molar-refractivity contribution is 5.72. The van der Waals surface area contributed by atoms with Crippen molar-refractivity contribution in [3.05, 3.63) is 30.1 Å². The summed E-state index contributed by atoms with van der Waals surface area (Å²) in [5.74, 6) is 2.02. The van der Waals surface area contributed by atoms with Crippen LogP contribution in [0.1, 0.15) is 38.4 Å². The van der Waals surface area contributed by atoms with Gasteiger partial charge in [-0.15, -0.1) is 0 Å². The lowest BCUT2D eigenvalue weighted by atomic mass is 9.99. The van der Waals surface area contributed by atoms with E-state index in [2.05, 4.69) is 28.4 Å². The lowest BCUT2D eigenvalue weighted by Gasteiger charge is -2.22. The van der Waals surface area contributed by atoms with E-state index in [-0.39, 0.29) is 0 Å². The highest BCUT2D eigenvalue weighted by atomic mass is 16.5. The summed E-state index contributed by atoms with van der Waals surface area (Å²) >= 11 is 0. The van der Waals surface area contributed by atoms with Gasteiger partial charge in [0.2, 0.25) is 0 Å². The summed E-state index contributed by atoms with van der Waals surface area (Å²) in [6.07, 6.45) is 5.38. The van der Waals surface area contributed by atoms with E-state index in [1.165, 1.54) is 25.7 Å². The van der Waals surface area contributed by atoms with Gasteiger partial charge in [-0.25, -0.2) is 0 Å². The maximum atomic E-state index is 5.30. The zero-order chi connectivity index (χ0) is 13.9. The number of nitrogens with zero attached hydrogens (tertiary/aromatic N) is 2. The molecular weight excluding hydrogens is 250 g/mol. The maximum absolute atomic E-state index is 5.30. The van der Waals surface area contributed by atoms with Crippen molar-refractivity contribution < 1.29 is 4.52 Å². The average molecular weight is 271 g/mol. The molecule has 0 aliphatic heterocycles. The Morgan fingerprint density at radius 1 is 1.25 bits per heavy atom. The molecule has 0 saturated heterocycles. The van der Waals surface area contributed by atoms with E-state index in [1.807, 2.05) is 25.1 Å². The molecule has 1 aromatic carbocycles. The van der Waals surface area contributed by atoms with Gasteiger partial charge in [-0.2, -0.15) is 4.98 Å². The van der Waals surface area contributed by atoms with Gasteiger partial charge >= 0.3 is 0 Å². The van der Waals surface area contributed by atoms with Crippen LogP contribution in [0.15, 0.2) is 28.8 Å². The van der Waals surface area contributed by atoms with Crippen LogP contribution in [0.4, 0.5) is 5.69 Å². The van der Waals surface area contributed by atoms with Crippen LogP contribution in [0, 0.1) is 12.8 Å². The molecule has 20 heavy (non-hydrogen) atoms. The predicted molar refractivity (Wildman–Crippen MR) is 79.5 cm³/mol. The minimum absolute atomic E-state index is 0.475. The van der Waals surface area contributed by atoms with E-state index < -0.39 is 0 Å². The van der Waals surface area contributed by atoms with Crippen molar-refractivity contribution in [3.63, 3.8) is 0 Å². The fourth-order valence-electron chi connectivity index (χ4n) is 3.02. The largest absolute Gasteiger partial charge is 0.382 e. The standard InChI is InChI=1S/C16H21N3O/c1-11(13-7-3-4-8-13)17-15-10-6-5-9-14(15)16-18-12(2)19-20-16/h5-6,9-11,13,17H,3-4,7-8H2,1-2H3. The van der Waals surface area contributed by atoms with Crippen molar-refractivity contribution in [3.8, 4) is 11.5 Å². The molecule has 0 bridgehead atoms. The molecule has 4 heteroatoms. The third-order valence-corrected chi connectivity index (χ3v) is 4.18. The zero-order valence-electron chi connectivity index (χ0n) is 12.1. The van der Waals surface area contributed by atoms with Crippen LogP contribution in [-0.4, -0.2) is 16.2 Å². The van der Waals surface area contributed by atoms with Gasteiger partial charge in [0.15, 0.2) is 5.82 Å². The third kappa shape index (κ3) is 2.69. The van der Waals surface area contributed by atoms with Gasteiger partial charge in [0.05, 0.1) is 5.56 Å². The summed E-state index contributed by atoms with van der Waals surface area (Å²) < 4.78 is 5.30. The normalized spacial score (nSPS) is 17.3. The molecule has 0 spiro atoms. The Hall–Kier alpha value is -1.84. The van der Waals surface area contributed by atoms with Crippen LogP contribution in [0.3, 0.4) is 0 Å². The topological polar surface area (TPSA) is 51.0 Å². The number of nitrogens with one attached hydrogen (secondary N) is 1. The lowest BCUT2D eigenvalue weighted by Crippen LogP contribution is -2.24. The van der Waals surface area contributed by atoms with Crippen LogP contribution in [0.2, 0.25) is 0 Å². The first-order chi connectivity index (χ1) is 9.74. The Labute approximate surface area is 119 Å². The summed E-state index contributed by atoms with van der Waals surface area (Å²) in [6.45, 7) is 4.11. The number of hydrogen-bond donors (Lipinski definition) is 1. The van der Waals surface area contributed by atoms with Crippen molar-refractivity contribution in [2.75, 3.05) is 5.32 Å². The quantitative estimate of drug-likeness (QED) is 0.912. The van der Waals surface area contributed by atoms with E-state index in [9.17, 15) is 0 Å². The second-order valence-corrected chi connectivity index (χ2v) is 5.67. The molecule has 1 atom stereocenters. The Balaban J connectivity index is 1.82. The number of para-hydroxylation sites is 1. The van der Waals surface area contributed by atoms with E-state index >= 15 is 0 Å². The van der Waals surface area contributed by atoms with E-state index in [0.717, 1.165) is 17.2 Å².